The van der Waals surface area contributed by atoms with Crippen molar-refractivity contribution in [2.45, 2.75) is 38.8 Å². The largest absolute Gasteiger partial charge is 0.382 e. The van der Waals surface area contributed by atoms with Gasteiger partial charge in [-0.2, -0.15) is 0 Å². The molecule has 0 aromatic heterocycles. The summed E-state index contributed by atoms with van der Waals surface area (Å²) in [6.45, 7) is 6.40. The zero-order valence-corrected chi connectivity index (χ0v) is 12.4. The number of nitrogens with one attached hydrogen (secondary N) is 1. The van der Waals surface area contributed by atoms with Gasteiger partial charge in [-0.05, 0) is 51.5 Å². The van der Waals surface area contributed by atoms with Gasteiger partial charge in [-0.25, -0.2) is 0 Å². The molecule has 0 saturated carbocycles. The van der Waals surface area contributed by atoms with Gasteiger partial charge >= 0.3 is 0 Å². The van der Waals surface area contributed by atoms with Gasteiger partial charge in [-0.15, -0.1) is 0 Å². The van der Waals surface area contributed by atoms with Gasteiger partial charge in [0.2, 0.25) is 0 Å². The topological polar surface area (TPSA) is 24.5 Å². The van der Waals surface area contributed by atoms with Crippen molar-refractivity contribution in [2.24, 2.45) is 0 Å². The van der Waals surface area contributed by atoms with E-state index in [1.807, 2.05) is 14.1 Å². The second-order valence-corrected chi connectivity index (χ2v) is 5.65. The van der Waals surface area contributed by atoms with E-state index in [2.05, 4.69) is 55.3 Å². The Hall–Kier alpha value is -1.22. The molecule has 1 aromatic rings. The van der Waals surface area contributed by atoms with Crippen LogP contribution in [0.15, 0.2) is 24.3 Å². The van der Waals surface area contributed by atoms with Crippen molar-refractivity contribution in [3.05, 3.63) is 24.3 Å². The maximum absolute atomic E-state index is 5.45. The molecule has 0 aliphatic rings. The molecular weight excluding hydrogens is 224 g/mol. The fourth-order valence-corrected chi connectivity index (χ4v) is 2.01. The van der Waals surface area contributed by atoms with Crippen LogP contribution in [0.2, 0.25) is 0 Å². The van der Waals surface area contributed by atoms with E-state index in [9.17, 15) is 0 Å². The second-order valence-electron chi connectivity index (χ2n) is 5.65. The molecule has 18 heavy (non-hydrogen) atoms. The minimum absolute atomic E-state index is 0.0873. The highest BCUT2D eigenvalue weighted by Gasteiger charge is 2.19. The van der Waals surface area contributed by atoms with Crippen LogP contribution in [-0.2, 0) is 4.74 Å². The molecular formula is C15H26N2O. The quantitative estimate of drug-likeness (QED) is 0.837. The molecule has 0 amide bonds. The van der Waals surface area contributed by atoms with E-state index in [-0.39, 0.29) is 5.60 Å². The summed E-state index contributed by atoms with van der Waals surface area (Å²) in [5.41, 5.74) is 2.28. The molecule has 102 valence electrons. The highest BCUT2D eigenvalue weighted by Crippen LogP contribution is 2.20. The molecule has 1 rings (SSSR count). The minimum atomic E-state index is -0.0873. The highest BCUT2D eigenvalue weighted by atomic mass is 16.5. The maximum Gasteiger partial charge on any atom is 0.0642 e. The summed E-state index contributed by atoms with van der Waals surface area (Å²) >= 11 is 0. The smallest absolute Gasteiger partial charge is 0.0642 e. The summed E-state index contributed by atoms with van der Waals surface area (Å²) in [7, 11) is 5.86. The molecule has 0 aliphatic carbocycles. The summed E-state index contributed by atoms with van der Waals surface area (Å²) in [5.74, 6) is 0. The lowest BCUT2D eigenvalue weighted by Gasteiger charge is -2.27. The van der Waals surface area contributed by atoms with Crippen LogP contribution in [0.1, 0.15) is 27.2 Å². The molecule has 1 aromatic carbocycles. The van der Waals surface area contributed by atoms with Crippen LogP contribution in [0, 0.1) is 0 Å². The van der Waals surface area contributed by atoms with Crippen LogP contribution in [0.3, 0.4) is 0 Å². The van der Waals surface area contributed by atoms with Gasteiger partial charge in [0.1, 0.15) is 0 Å². The molecule has 0 fully saturated rings. The second kappa shape index (κ2) is 6.10. The third-order valence-corrected chi connectivity index (χ3v) is 3.15. The lowest BCUT2D eigenvalue weighted by Crippen LogP contribution is -2.31. The highest BCUT2D eigenvalue weighted by molar-refractivity contribution is 5.54. The SMILES string of the molecule is COC(C)(C)CC(C)Nc1ccc(N(C)C)cc1. The van der Waals surface area contributed by atoms with E-state index in [0.29, 0.717) is 6.04 Å². The molecule has 1 N–H and O–H groups in total. The summed E-state index contributed by atoms with van der Waals surface area (Å²) in [4.78, 5) is 2.10. The van der Waals surface area contributed by atoms with Crippen LogP contribution in [0.4, 0.5) is 11.4 Å². The summed E-state index contributed by atoms with van der Waals surface area (Å²) < 4.78 is 5.45. The van der Waals surface area contributed by atoms with Crippen LogP contribution in [0.5, 0.6) is 0 Å². The molecule has 0 radical (unpaired) electrons. The summed E-state index contributed by atoms with van der Waals surface area (Å²) in [5, 5.41) is 3.50. The average Bonchev–Trinajstić information content (AvgIpc) is 2.29. The fourth-order valence-electron chi connectivity index (χ4n) is 2.01. The normalized spacial score (nSPS) is 13.2. The van der Waals surface area contributed by atoms with Crippen molar-refractivity contribution in [3.8, 4) is 0 Å². The Morgan fingerprint density at radius 1 is 1.22 bits per heavy atom. The monoisotopic (exact) mass is 250 g/mol. The Morgan fingerprint density at radius 3 is 2.22 bits per heavy atom. The molecule has 1 unspecified atom stereocenters. The van der Waals surface area contributed by atoms with Crippen LogP contribution < -0.4 is 10.2 Å². The standard InChI is InChI=1S/C15H26N2O/c1-12(11-15(2,3)18-6)16-13-7-9-14(10-8-13)17(4)5/h7-10,12,16H,11H2,1-6H3. The molecule has 0 aliphatic heterocycles. The lowest BCUT2D eigenvalue weighted by atomic mass is 9.99. The third kappa shape index (κ3) is 4.57. The van der Waals surface area contributed by atoms with E-state index >= 15 is 0 Å². The van der Waals surface area contributed by atoms with Crippen molar-refractivity contribution in [1.29, 1.82) is 0 Å². The van der Waals surface area contributed by atoms with Crippen molar-refractivity contribution >= 4 is 11.4 Å². The molecule has 0 saturated heterocycles. The first-order chi connectivity index (χ1) is 8.34. The number of hydrogen-bond donors (Lipinski definition) is 1. The van der Waals surface area contributed by atoms with E-state index < -0.39 is 0 Å². The summed E-state index contributed by atoms with van der Waals surface area (Å²) in [6, 6.07) is 8.86. The molecule has 0 heterocycles. The number of benzene rings is 1. The van der Waals surface area contributed by atoms with Crippen molar-refractivity contribution in [2.75, 3.05) is 31.4 Å². The van der Waals surface area contributed by atoms with Gasteiger partial charge in [0.15, 0.2) is 0 Å². The van der Waals surface area contributed by atoms with Gasteiger partial charge in [0.25, 0.3) is 0 Å². The van der Waals surface area contributed by atoms with Crippen molar-refractivity contribution in [1.82, 2.24) is 0 Å². The maximum atomic E-state index is 5.45. The van der Waals surface area contributed by atoms with Crippen molar-refractivity contribution in [3.63, 3.8) is 0 Å². The number of methoxy groups -OCH3 is 1. The zero-order chi connectivity index (χ0) is 13.8. The van der Waals surface area contributed by atoms with E-state index in [1.54, 1.807) is 7.11 Å². The number of hydrogen-bond acceptors (Lipinski definition) is 3. The molecule has 1 atom stereocenters. The Morgan fingerprint density at radius 2 is 1.78 bits per heavy atom. The average molecular weight is 250 g/mol. The van der Waals surface area contributed by atoms with Crippen LogP contribution >= 0.6 is 0 Å². The summed E-state index contributed by atoms with van der Waals surface area (Å²) in [6.07, 6.45) is 0.971. The fraction of sp³-hybridized carbons (Fsp3) is 0.600. The Bertz CT molecular complexity index is 357. The molecule has 0 bridgehead atoms. The first-order valence-electron chi connectivity index (χ1n) is 6.43. The lowest BCUT2D eigenvalue weighted by molar-refractivity contribution is 0.0128. The molecule has 3 heteroatoms. The number of rotatable bonds is 6. The van der Waals surface area contributed by atoms with Gasteiger partial charge in [0.05, 0.1) is 5.60 Å². The molecule has 3 nitrogen and oxygen atoms in total. The zero-order valence-electron chi connectivity index (χ0n) is 12.4. The minimum Gasteiger partial charge on any atom is -0.382 e. The predicted octanol–water partition coefficient (Wildman–Crippen LogP) is 3.37. The van der Waals surface area contributed by atoms with Gasteiger partial charge in [-0.3, -0.25) is 0 Å². The Labute approximate surface area is 111 Å². The van der Waals surface area contributed by atoms with Gasteiger partial charge in [-0.1, -0.05) is 0 Å². The van der Waals surface area contributed by atoms with Gasteiger partial charge < -0.3 is 15.0 Å². The Balaban J connectivity index is 2.57. The van der Waals surface area contributed by atoms with Crippen LogP contribution in [0.25, 0.3) is 0 Å². The van der Waals surface area contributed by atoms with Crippen molar-refractivity contribution < 1.29 is 4.74 Å². The number of ether oxygens (including phenoxy) is 1. The van der Waals surface area contributed by atoms with Crippen LogP contribution in [-0.4, -0.2) is 32.8 Å². The predicted molar refractivity (Wildman–Crippen MR) is 79.6 cm³/mol. The first kappa shape index (κ1) is 14.8. The Kier molecular flexibility index (Phi) is 5.03. The van der Waals surface area contributed by atoms with E-state index in [1.165, 1.54) is 5.69 Å². The van der Waals surface area contributed by atoms with E-state index in [0.717, 1.165) is 12.1 Å². The third-order valence-electron chi connectivity index (χ3n) is 3.15. The molecule has 0 spiro atoms. The first-order valence-corrected chi connectivity index (χ1v) is 6.43. The number of nitrogens with zero attached hydrogens (tertiary/aromatic N) is 1. The van der Waals surface area contributed by atoms with Gasteiger partial charge in [0, 0.05) is 38.6 Å². The van der Waals surface area contributed by atoms with E-state index in [4.69, 9.17) is 4.74 Å². The number of anilines is 2.